The summed E-state index contributed by atoms with van der Waals surface area (Å²) in [7, 11) is 0. The molecule has 0 saturated carbocycles. The van der Waals surface area contributed by atoms with Crippen LogP contribution in [0.2, 0.25) is 0 Å². The molecule has 1 atom stereocenters. The zero-order chi connectivity index (χ0) is 11.4. The van der Waals surface area contributed by atoms with Gasteiger partial charge in [0.1, 0.15) is 12.8 Å². The molecule has 0 fully saturated rings. The average Bonchev–Trinajstić information content (AvgIpc) is 2.20. The van der Waals surface area contributed by atoms with Crippen molar-refractivity contribution in [2.45, 2.75) is 12.1 Å². The Balaban J connectivity index is 2.67. The number of nitrogens with zero attached hydrogens (tertiary/aromatic N) is 4. The molecule has 1 rings (SSSR count). The molecule has 7 heteroatoms. The number of rotatable bonds is 3. The quantitative estimate of drug-likeness (QED) is 0.593. The second-order valence-corrected chi connectivity index (χ2v) is 2.72. The van der Waals surface area contributed by atoms with Gasteiger partial charge in [0.05, 0.1) is 6.10 Å². The van der Waals surface area contributed by atoms with E-state index in [0.29, 0.717) is 0 Å². The van der Waals surface area contributed by atoms with Crippen LogP contribution < -0.4 is 0 Å². The molecule has 0 saturated heterocycles. The van der Waals surface area contributed by atoms with Gasteiger partial charge in [-0.15, -0.1) is 5.11 Å². The lowest BCUT2D eigenvalue weighted by atomic mass is 10.2. The lowest BCUT2D eigenvalue weighted by molar-refractivity contribution is -0.151. The van der Waals surface area contributed by atoms with Gasteiger partial charge in [-0.3, -0.25) is 9.59 Å². The third-order valence-electron chi connectivity index (χ3n) is 1.52. The van der Waals surface area contributed by atoms with Gasteiger partial charge >= 0.3 is 5.91 Å². The Kier molecular flexibility index (Phi) is 3.46. The van der Waals surface area contributed by atoms with E-state index >= 15 is 0 Å². The van der Waals surface area contributed by atoms with Gasteiger partial charge in [-0.05, 0) is 13.8 Å². The van der Waals surface area contributed by atoms with Gasteiger partial charge in [0.25, 0.3) is 5.78 Å². The van der Waals surface area contributed by atoms with Gasteiger partial charge in [-0.25, -0.2) is 0 Å². The third kappa shape index (κ3) is 2.57. The summed E-state index contributed by atoms with van der Waals surface area (Å²) in [6.45, 7) is 6.57. The molecule has 1 aliphatic heterocycles. The minimum atomic E-state index is -1.34. The van der Waals surface area contributed by atoms with Crippen molar-refractivity contribution >= 4 is 11.7 Å². The summed E-state index contributed by atoms with van der Waals surface area (Å²) < 4.78 is 4.86. The predicted molar refractivity (Wildman–Crippen MR) is 46.6 cm³/mol. The first-order chi connectivity index (χ1) is 7.06. The standard InChI is InChI=1S/C8H8N4O3/c1-5(2)15-4-12-8(14)7(13)6(3-9)10-11-12/h5-6H,1-2,4H2. The smallest absolute Gasteiger partial charge is 0.317 e. The SMILES string of the molecule is [CH2]C([CH2])OCN1N=NC(C#N)C(=O)C1=O. The van der Waals surface area contributed by atoms with Crippen LogP contribution in [0.3, 0.4) is 0 Å². The molecule has 0 aromatic carbocycles. The minimum Gasteiger partial charge on any atom is -0.356 e. The molecule has 0 spiro atoms. The van der Waals surface area contributed by atoms with E-state index in [4.69, 9.17) is 10.00 Å². The number of ketones is 1. The molecule has 7 nitrogen and oxygen atoms in total. The van der Waals surface area contributed by atoms with E-state index in [0.717, 1.165) is 5.01 Å². The van der Waals surface area contributed by atoms with Crippen molar-refractivity contribution in [3.63, 3.8) is 0 Å². The Hall–Kier alpha value is -1.81. The van der Waals surface area contributed by atoms with Crippen molar-refractivity contribution in [3.8, 4) is 6.07 Å². The van der Waals surface area contributed by atoms with Crippen LogP contribution in [0.1, 0.15) is 0 Å². The monoisotopic (exact) mass is 208 g/mol. The highest BCUT2D eigenvalue weighted by atomic mass is 16.5. The number of carbonyl (C=O) groups is 2. The molecule has 0 aromatic rings. The van der Waals surface area contributed by atoms with E-state index < -0.39 is 23.8 Å². The van der Waals surface area contributed by atoms with Crippen molar-refractivity contribution in [2.75, 3.05) is 6.73 Å². The van der Waals surface area contributed by atoms with Gasteiger partial charge in [0.15, 0.2) is 0 Å². The van der Waals surface area contributed by atoms with Crippen molar-refractivity contribution in [1.29, 1.82) is 5.26 Å². The van der Waals surface area contributed by atoms with E-state index in [1.54, 1.807) is 6.07 Å². The maximum atomic E-state index is 11.3. The molecule has 0 N–H and O–H groups in total. The Morgan fingerprint density at radius 2 is 2.27 bits per heavy atom. The molecule has 0 aromatic heterocycles. The maximum absolute atomic E-state index is 11.3. The number of ether oxygens (including phenoxy) is 1. The molecule has 0 bridgehead atoms. The van der Waals surface area contributed by atoms with E-state index in [-0.39, 0.29) is 6.73 Å². The van der Waals surface area contributed by atoms with E-state index in [2.05, 4.69) is 24.2 Å². The molecule has 78 valence electrons. The summed E-state index contributed by atoms with van der Waals surface area (Å²) >= 11 is 0. The van der Waals surface area contributed by atoms with Crippen LogP contribution in [0.15, 0.2) is 10.3 Å². The van der Waals surface area contributed by atoms with Crippen LogP contribution >= 0.6 is 0 Å². The summed E-state index contributed by atoms with van der Waals surface area (Å²) in [5.41, 5.74) is 0. The number of hydrogen-bond donors (Lipinski definition) is 0. The van der Waals surface area contributed by atoms with Crippen LogP contribution in [0, 0.1) is 25.2 Å². The third-order valence-corrected chi connectivity index (χ3v) is 1.52. The highest BCUT2D eigenvalue weighted by Gasteiger charge is 2.34. The first-order valence-corrected chi connectivity index (χ1v) is 4.00. The lowest BCUT2D eigenvalue weighted by Gasteiger charge is -2.20. The van der Waals surface area contributed by atoms with Gasteiger partial charge < -0.3 is 4.74 Å². The fourth-order valence-electron chi connectivity index (χ4n) is 0.796. The molecule has 2 radical (unpaired) electrons. The minimum absolute atomic E-state index is 0.260. The summed E-state index contributed by atoms with van der Waals surface area (Å²) in [6.07, 6.45) is -0.586. The highest BCUT2D eigenvalue weighted by molar-refractivity contribution is 6.39. The molecule has 15 heavy (non-hydrogen) atoms. The zero-order valence-electron chi connectivity index (χ0n) is 7.79. The van der Waals surface area contributed by atoms with E-state index in [1.165, 1.54) is 0 Å². The zero-order valence-corrected chi connectivity index (χ0v) is 7.79. The van der Waals surface area contributed by atoms with Gasteiger partial charge in [-0.1, -0.05) is 5.22 Å². The first-order valence-electron chi connectivity index (χ1n) is 4.00. The van der Waals surface area contributed by atoms with E-state index in [1.807, 2.05) is 0 Å². The molecule has 1 heterocycles. The molecule has 1 aliphatic rings. The van der Waals surface area contributed by atoms with Crippen molar-refractivity contribution < 1.29 is 14.3 Å². The van der Waals surface area contributed by atoms with Crippen LogP contribution in [-0.4, -0.2) is 35.6 Å². The van der Waals surface area contributed by atoms with Crippen LogP contribution in [-0.2, 0) is 14.3 Å². The lowest BCUT2D eigenvalue weighted by Crippen LogP contribution is -2.42. The topological polar surface area (TPSA) is 95.1 Å². The predicted octanol–water partition coefficient (Wildman–Crippen LogP) is -0.332. The number of hydrogen-bond acceptors (Lipinski definition) is 6. The Morgan fingerprint density at radius 1 is 1.60 bits per heavy atom. The van der Waals surface area contributed by atoms with Crippen LogP contribution in [0.4, 0.5) is 0 Å². The second kappa shape index (κ2) is 4.61. The van der Waals surface area contributed by atoms with Crippen molar-refractivity contribution in [2.24, 2.45) is 10.3 Å². The number of carbonyl (C=O) groups excluding carboxylic acids is 2. The summed E-state index contributed by atoms with van der Waals surface area (Å²) in [4.78, 5) is 22.4. The van der Waals surface area contributed by atoms with Crippen molar-refractivity contribution in [3.05, 3.63) is 13.8 Å². The normalized spacial score (nSPS) is 20.9. The summed E-state index contributed by atoms with van der Waals surface area (Å²) in [5, 5.41) is 15.9. The molecule has 1 unspecified atom stereocenters. The molecule has 0 aliphatic carbocycles. The second-order valence-electron chi connectivity index (χ2n) is 2.72. The van der Waals surface area contributed by atoms with Gasteiger partial charge in [0, 0.05) is 0 Å². The maximum Gasteiger partial charge on any atom is 0.317 e. The number of nitriles is 1. The first kappa shape index (κ1) is 11.3. The molecular formula is C8H8N4O3. The van der Waals surface area contributed by atoms with E-state index in [9.17, 15) is 9.59 Å². The largest absolute Gasteiger partial charge is 0.356 e. The fraction of sp³-hybridized carbons (Fsp3) is 0.375. The Labute approximate surface area is 86.3 Å². The highest BCUT2D eigenvalue weighted by Crippen LogP contribution is 2.08. The summed E-state index contributed by atoms with van der Waals surface area (Å²) in [6, 6.07) is 0.203. The van der Waals surface area contributed by atoms with Crippen molar-refractivity contribution in [1.82, 2.24) is 5.01 Å². The van der Waals surface area contributed by atoms with Gasteiger partial charge in [0.2, 0.25) is 6.04 Å². The number of amides is 1. The summed E-state index contributed by atoms with van der Waals surface area (Å²) in [5.74, 6) is -1.84. The molecular weight excluding hydrogens is 200 g/mol. The Morgan fingerprint density at radius 3 is 2.80 bits per heavy atom. The fourth-order valence-corrected chi connectivity index (χ4v) is 0.796. The van der Waals surface area contributed by atoms with Crippen LogP contribution in [0.5, 0.6) is 0 Å². The van der Waals surface area contributed by atoms with Gasteiger partial charge in [-0.2, -0.15) is 10.3 Å². The Bertz CT molecular complexity index is 344. The average molecular weight is 208 g/mol. The van der Waals surface area contributed by atoms with Crippen LogP contribution in [0.25, 0.3) is 0 Å². The number of Topliss-reactive ketones (excluding diaryl/α,β-unsaturated/α-hetero) is 1. The molecule has 1 amide bonds.